The third-order valence-corrected chi connectivity index (χ3v) is 8.01. The van der Waals surface area contributed by atoms with Crippen LogP contribution in [0.4, 0.5) is 13.2 Å². The molecule has 0 unspecified atom stereocenters. The number of ketones is 1. The first-order valence-corrected chi connectivity index (χ1v) is 13.8. The summed E-state index contributed by atoms with van der Waals surface area (Å²) in [6, 6.07) is 7.95. The van der Waals surface area contributed by atoms with Gasteiger partial charge in [0.1, 0.15) is 23.7 Å². The second-order valence-corrected chi connectivity index (χ2v) is 11.3. The number of nitrogens with zero attached hydrogens (tertiary/aromatic N) is 1. The molecule has 1 amide bonds. The first-order valence-electron chi connectivity index (χ1n) is 13.5. The van der Waals surface area contributed by atoms with Gasteiger partial charge in [0.2, 0.25) is 5.43 Å². The minimum atomic E-state index is -2.94. The molecule has 0 spiro atoms. The van der Waals surface area contributed by atoms with Crippen molar-refractivity contribution in [2.24, 2.45) is 5.92 Å². The Hall–Kier alpha value is -3.33. The topological polar surface area (TPSA) is 77.4 Å². The van der Waals surface area contributed by atoms with Crippen molar-refractivity contribution >= 4 is 34.2 Å². The maximum Gasteiger partial charge on any atom is 0.270 e. The summed E-state index contributed by atoms with van der Waals surface area (Å²) in [5, 5.41) is 3.01. The lowest BCUT2D eigenvalue weighted by molar-refractivity contribution is -0.122. The van der Waals surface area contributed by atoms with Crippen LogP contribution in [0.15, 0.2) is 47.4 Å². The minimum Gasteiger partial charge on any atom is -0.486 e. The number of rotatable bonds is 9. The molecule has 6 nitrogen and oxygen atoms in total. The second kappa shape index (κ2) is 11.3. The quantitative estimate of drug-likeness (QED) is 0.314. The number of alkyl halides is 2. The lowest BCUT2D eigenvalue weighted by Gasteiger charge is -2.29. The number of fused-ring (bicyclic) bond motifs is 1. The van der Waals surface area contributed by atoms with Gasteiger partial charge in [0, 0.05) is 42.6 Å². The van der Waals surface area contributed by atoms with Crippen LogP contribution in [0.1, 0.15) is 73.8 Å². The lowest BCUT2D eigenvalue weighted by Crippen LogP contribution is -2.40. The van der Waals surface area contributed by atoms with Crippen LogP contribution < -0.4 is 15.5 Å². The monoisotopic (exact) mass is 574 g/mol. The first kappa shape index (κ1) is 28.2. The van der Waals surface area contributed by atoms with E-state index in [4.69, 9.17) is 16.3 Å². The number of Topliss-reactive ketones (excluding diaryl/α,β-unsaturated/α-hetero) is 1. The number of hydrogen-bond acceptors (Lipinski definition) is 4. The molecule has 2 aliphatic carbocycles. The van der Waals surface area contributed by atoms with Crippen molar-refractivity contribution in [2.75, 3.05) is 6.61 Å². The van der Waals surface area contributed by atoms with E-state index in [9.17, 15) is 27.6 Å². The summed E-state index contributed by atoms with van der Waals surface area (Å²) in [5.41, 5.74) is -0.157. The zero-order valence-electron chi connectivity index (χ0n) is 22.0. The molecule has 5 rings (SSSR count). The highest BCUT2D eigenvalue weighted by Crippen LogP contribution is 2.38. The fraction of sp³-hybridized carbons (Fsp3) is 0.433. The smallest absolute Gasteiger partial charge is 0.270 e. The Morgan fingerprint density at radius 3 is 2.38 bits per heavy atom. The Kier molecular flexibility index (Phi) is 7.95. The molecule has 2 fully saturated rings. The van der Waals surface area contributed by atoms with Crippen LogP contribution in [0.25, 0.3) is 10.9 Å². The molecule has 0 atom stereocenters. The number of benzene rings is 2. The molecule has 0 bridgehead atoms. The number of ether oxygens (including phenoxy) is 1. The summed E-state index contributed by atoms with van der Waals surface area (Å²) in [7, 11) is 0. The van der Waals surface area contributed by atoms with Crippen LogP contribution in [-0.4, -0.2) is 28.9 Å². The van der Waals surface area contributed by atoms with E-state index in [0.29, 0.717) is 30.5 Å². The number of amides is 1. The van der Waals surface area contributed by atoms with E-state index in [-0.39, 0.29) is 51.9 Å². The van der Waals surface area contributed by atoms with Gasteiger partial charge in [0.05, 0.1) is 10.5 Å². The van der Waals surface area contributed by atoms with Crippen LogP contribution in [-0.2, 0) is 10.7 Å². The molecule has 0 aliphatic heterocycles. The Bertz CT molecular complexity index is 1490. The van der Waals surface area contributed by atoms with E-state index >= 15 is 0 Å². The van der Waals surface area contributed by atoms with Gasteiger partial charge < -0.3 is 14.6 Å². The Morgan fingerprint density at radius 2 is 1.75 bits per heavy atom. The van der Waals surface area contributed by atoms with E-state index in [1.54, 1.807) is 6.20 Å². The van der Waals surface area contributed by atoms with Crippen LogP contribution >= 0.6 is 11.6 Å². The van der Waals surface area contributed by atoms with Crippen molar-refractivity contribution in [1.82, 2.24) is 9.88 Å². The highest BCUT2D eigenvalue weighted by Gasteiger charge is 2.29. The van der Waals surface area contributed by atoms with E-state index in [0.717, 1.165) is 38.7 Å². The fourth-order valence-electron chi connectivity index (χ4n) is 5.32. The molecular formula is C30H30ClF3N2O4. The first-order chi connectivity index (χ1) is 19.0. The van der Waals surface area contributed by atoms with Crippen molar-refractivity contribution in [3.63, 3.8) is 0 Å². The molecule has 1 aromatic heterocycles. The van der Waals surface area contributed by atoms with Crippen LogP contribution in [0.2, 0.25) is 5.02 Å². The van der Waals surface area contributed by atoms with Crippen LogP contribution in [0, 0.1) is 11.7 Å². The Labute approximate surface area is 234 Å². The number of pyridine rings is 1. The molecule has 0 radical (unpaired) electrons. The van der Waals surface area contributed by atoms with Crippen molar-refractivity contribution in [1.29, 1.82) is 0 Å². The fourth-order valence-corrected chi connectivity index (χ4v) is 5.48. The Balaban J connectivity index is 1.14. The molecule has 1 N–H and O–H groups in total. The molecule has 40 heavy (non-hydrogen) atoms. The van der Waals surface area contributed by atoms with Gasteiger partial charge in [0.15, 0.2) is 5.78 Å². The largest absolute Gasteiger partial charge is 0.486 e. The van der Waals surface area contributed by atoms with E-state index in [1.807, 2.05) is 4.57 Å². The van der Waals surface area contributed by atoms with Crippen molar-refractivity contribution in [2.45, 2.75) is 69.9 Å². The number of nitrogens with one attached hydrogen (secondary N) is 1. The number of halogens is 4. The second-order valence-electron chi connectivity index (χ2n) is 10.9. The zero-order valence-corrected chi connectivity index (χ0v) is 22.8. The zero-order chi connectivity index (χ0) is 28.6. The predicted molar refractivity (Wildman–Crippen MR) is 146 cm³/mol. The van der Waals surface area contributed by atoms with Gasteiger partial charge in [0.25, 0.3) is 11.8 Å². The third-order valence-electron chi connectivity index (χ3n) is 7.72. The van der Waals surface area contributed by atoms with Crippen molar-refractivity contribution in [3.8, 4) is 5.75 Å². The number of carbonyl (C=O) groups is 2. The summed E-state index contributed by atoms with van der Waals surface area (Å²) >= 11 is 5.96. The summed E-state index contributed by atoms with van der Waals surface area (Å²) in [6.45, 7) is 0.680. The van der Waals surface area contributed by atoms with Crippen molar-refractivity contribution in [3.05, 3.63) is 74.8 Å². The van der Waals surface area contributed by atoms with Gasteiger partial charge in [-0.1, -0.05) is 11.6 Å². The van der Waals surface area contributed by atoms with E-state index in [2.05, 4.69) is 5.32 Å². The lowest BCUT2D eigenvalue weighted by atomic mass is 9.83. The molecule has 2 aliphatic rings. The SMILES string of the molecule is CC(F)(F)c1ccc(OCC(=O)CC2CCC(NC(=O)c3cn(C4CC4)c4cc(Cl)c(F)cc4c3=O)CC2)cc1. The van der Waals surface area contributed by atoms with Crippen molar-refractivity contribution < 1.29 is 27.5 Å². The number of carbonyl (C=O) groups excluding carboxylic acids is 2. The Morgan fingerprint density at radius 1 is 1.07 bits per heavy atom. The van der Waals surface area contributed by atoms with Gasteiger partial charge in [-0.25, -0.2) is 13.2 Å². The molecule has 3 aromatic rings. The molecule has 2 saturated carbocycles. The van der Waals surface area contributed by atoms with Gasteiger partial charge in [-0.3, -0.25) is 14.4 Å². The van der Waals surface area contributed by atoms with Gasteiger partial charge in [-0.15, -0.1) is 0 Å². The number of aromatic nitrogens is 1. The molecule has 2 aromatic carbocycles. The molecular weight excluding hydrogens is 545 g/mol. The minimum absolute atomic E-state index is 0.0220. The average Bonchev–Trinajstić information content (AvgIpc) is 3.75. The summed E-state index contributed by atoms with van der Waals surface area (Å²) < 4.78 is 48.2. The predicted octanol–water partition coefficient (Wildman–Crippen LogP) is 6.57. The summed E-state index contributed by atoms with van der Waals surface area (Å²) in [5.74, 6) is -3.72. The maximum absolute atomic E-state index is 14.2. The standard InChI is InChI=1S/C30H30ClF3N2O4/c1-30(33,34)18-4-10-22(11-5-18)40-16-21(37)12-17-2-6-19(7-3-17)35-29(39)24-15-36(20-8-9-20)27-14-25(31)26(32)13-23(27)28(24)38/h4-5,10-11,13-15,17,19-20H,2-3,6-9,12,16H2,1H3,(H,35,39). The molecule has 1 heterocycles. The number of hydrogen-bond donors (Lipinski definition) is 1. The van der Waals surface area contributed by atoms with E-state index in [1.165, 1.54) is 30.3 Å². The molecule has 0 saturated heterocycles. The summed E-state index contributed by atoms with van der Waals surface area (Å²) in [6.07, 6.45) is 6.47. The highest BCUT2D eigenvalue weighted by atomic mass is 35.5. The van der Waals surface area contributed by atoms with Crippen LogP contribution in [0.5, 0.6) is 5.75 Å². The van der Waals surface area contributed by atoms with Crippen LogP contribution in [0.3, 0.4) is 0 Å². The normalized spacial score (nSPS) is 19.4. The third kappa shape index (κ3) is 6.35. The maximum atomic E-state index is 14.2. The van der Waals surface area contributed by atoms with Gasteiger partial charge >= 0.3 is 0 Å². The summed E-state index contributed by atoms with van der Waals surface area (Å²) in [4.78, 5) is 38.7. The van der Waals surface area contributed by atoms with E-state index < -0.39 is 23.1 Å². The molecule has 212 valence electrons. The van der Waals surface area contributed by atoms with Gasteiger partial charge in [-0.05, 0) is 80.8 Å². The average molecular weight is 575 g/mol. The van der Waals surface area contributed by atoms with Gasteiger partial charge in [-0.2, -0.15) is 0 Å². The highest BCUT2D eigenvalue weighted by molar-refractivity contribution is 6.31. The molecule has 10 heteroatoms.